The van der Waals surface area contributed by atoms with E-state index < -0.39 is 23.8 Å². The summed E-state index contributed by atoms with van der Waals surface area (Å²) in [6, 6.07) is 4.02. The van der Waals surface area contributed by atoms with Gasteiger partial charge in [0.2, 0.25) is 11.8 Å². The fourth-order valence-corrected chi connectivity index (χ4v) is 2.96. The van der Waals surface area contributed by atoms with Crippen LogP contribution in [0.25, 0.3) is 0 Å². The normalized spacial score (nSPS) is 20.0. The highest BCUT2D eigenvalue weighted by atomic mass is 16.6. The lowest BCUT2D eigenvalue weighted by Gasteiger charge is -2.22. The SMILES string of the molecule is COCC(NC(=O)C1CC(=O)N(c2ccc3c(c2)OCCO3)C1)C(=O)O. The Bertz CT molecular complexity index is 721. The van der Waals surface area contributed by atoms with E-state index in [1.807, 2.05) is 0 Å². The van der Waals surface area contributed by atoms with Gasteiger partial charge in [-0.05, 0) is 12.1 Å². The number of nitrogens with zero attached hydrogens (tertiary/aromatic N) is 1. The van der Waals surface area contributed by atoms with Crippen LogP contribution < -0.4 is 19.7 Å². The van der Waals surface area contributed by atoms with E-state index in [-0.39, 0.29) is 25.5 Å². The molecule has 2 N–H and O–H groups in total. The maximum Gasteiger partial charge on any atom is 0.328 e. The van der Waals surface area contributed by atoms with Crippen LogP contribution in [-0.4, -0.2) is 62.4 Å². The summed E-state index contributed by atoms with van der Waals surface area (Å²) in [5, 5.41) is 11.5. The van der Waals surface area contributed by atoms with Gasteiger partial charge in [-0.15, -0.1) is 0 Å². The van der Waals surface area contributed by atoms with Gasteiger partial charge in [-0.25, -0.2) is 4.79 Å². The predicted molar refractivity (Wildman–Crippen MR) is 89.3 cm³/mol. The summed E-state index contributed by atoms with van der Waals surface area (Å²) in [6.45, 7) is 0.937. The Morgan fingerprint density at radius 3 is 2.77 bits per heavy atom. The van der Waals surface area contributed by atoms with Crippen molar-refractivity contribution in [3.8, 4) is 11.5 Å². The largest absolute Gasteiger partial charge is 0.486 e. The molecule has 1 aromatic carbocycles. The average molecular weight is 364 g/mol. The van der Waals surface area contributed by atoms with Gasteiger partial charge in [0.05, 0.1) is 12.5 Å². The molecule has 2 aliphatic heterocycles. The van der Waals surface area contributed by atoms with Crippen molar-refractivity contribution in [2.24, 2.45) is 5.92 Å². The first-order valence-corrected chi connectivity index (χ1v) is 8.21. The number of amides is 2. The number of methoxy groups -OCH3 is 1. The number of benzene rings is 1. The standard InChI is InChI=1S/C17H20N2O7/c1-24-9-12(17(22)23)18-16(21)10-6-15(20)19(8-10)11-2-3-13-14(7-11)26-5-4-25-13/h2-3,7,10,12H,4-6,8-9H2,1H3,(H,18,21)(H,22,23). The third kappa shape index (κ3) is 3.72. The number of fused-ring (bicyclic) bond motifs is 1. The quantitative estimate of drug-likeness (QED) is 0.732. The van der Waals surface area contributed by atoms with E-state index in [2.05, 4.69) is 5.32 Å². The summed E-state index contributed by atoms with van der Waals surface area (Å²) < 4.78 is 15.8. The molecule has 2 amide bonds. The van der Waals surface area contributed by atoms with Crippen LogP contribution in [0.4, 0.5) is 5.69 Å². The molecule has 2 unspecified atom stereocenters. The molecule has 0 saturated carbocycles. The maximum absolute atomic E-state index is 12.3. The van der Waals surface area contributed by atoms with Crippen molar-refractivity contribution in [2.45, 2.75) is 12.5 Å². The second-order valence-corrected chi connectivity index (χ2v) is 6.09. The van der Waals surface area contributed by atoms with Crippen molar-refractivity contribution in [1.29, 1.82) is 0 Å². The minimum absolute atomic E-state index is 0.0135. The van der Waals surface area contributed by atoms with Crippen molar-refractivity contribution in [3.63, 3.8) is 0 Å². The minimum Gasteiger partial charge on any atom is -0.486 e. The van der Waals surface area contributed by atoms with E-state index in [1.54, 1.807) is 18.2 Å². The molecule has 26 heavy (non-hydrogen) atoms. The molecule has 2 aliphatic rings. The third-order valence-electron chi connectivity index (χ3n) is 4.28. The Hall–Kier alpha value is -2.81. The summed E-state index contributed by atoms with van der Waals surface area (Å²) in [7, 11) is 1.35. The zero-order valence-electron chi connectivity index (χ0n) is 14.3. The molecule has 140 valence electrons. The number of rotatable bonds is 6. The number of carbonyl (C=O) groups excluding carboxylic acids is 2. The van der Waals surface area contributed by atoms with Gasteiger partial charge in [-0.1, -0.05) is 0 Å². The fraction of sp³-hybridized carbons (Fsp3) is 0.471. The molecule has 1 aromatic rings. The van der Waals surface area contributed by atoms with Gasteiger partial charge in [0.25, 0.3) is 0 Å². The number of hydrogen-bond donors (Lipinski definition) is 2. The molecular weight excluding hydrogens is 344 g/mol. The first kappa shape index (κ1) is 18.0. The van der Waals surface area contributed by atoms with Crippen LogP contribution >= 0.6 is 0 Å². The molecular formula is C17H20N2O7. The number of carboxylic acids is 1. The fourth-order valence-electron chi connectivity index (χ4n) is 2.96. The summed E-state index contributed by atoms with van der Waals surface area (Å²) in [4.78, 5) is 37.3. The zero-order valence-corrected chi connectivity index (χ0v) is 14.3. The van der Waals surface area contributed by atoms with Gasteiger partial charge in [0, 0.05) is 31.8 Å². The van der Waals surface area contributed by atoms with Crippen molar-refractivity contribution >= 4 is 23.5 Å². The van der Waals surface area contributed by atoms with Crippen molar-refractivity contribution in [2.75, 3.05) is 38.4 Å². The summed E-state index contributed by atoms with van der Waals surface area (Å²) in [5.74, 6) is -1.34. The minimum atomic E-state index is -1.19. The number of carboxylic acid groups (broad SMARTS) is 1. The van der Waals surface area contributed by atoms with Crippen LogP contribution in [0.5, 0.6) is 11.5 Å². The Morgan fingerprint density at radius 2 is 2.08 bits per heavy atom. The molecule has 0 spiro atoms. The molecule has 0 radical (unpaired) electrons. The van der Waals surface area contributed by atoms with Crippen LogP contribution in [-0.2, 0) is 19.1 Å². The summed E-state index contributed by atoms with van der Waals surface area (Å²) >= 11 is 0. The lowest BCUT2D eigenvalue weighted by Crippen LogP contribution is -2.46. The van der Waals surface area contributed by atoms with Gasteiger partial charge in [-0.3, -0.25) is 9.59 Å². The van der Waals surface area contributed by atoms with Crippen molar-refractivity contribution in [1.82, 2.24) is 5.32 Å². The molecule has 0 bridgehead atoms. The molecule has 1 fully saturated rings. The topological polar surface area (TPSA) is 114 Å². The Balaban J connectivity index is 1.68. The first-order chi connectivity index (χ1) is 12.5. The van der Waals surface area contributed by atoms with Crippen LogP contribution in [0.3, 0.4) is 0 Å². The molecule has 9 nitrogen and oxygen atoms in total. The second kappa shape index (κ2) is 7.61. The summed E-state index contributed by atoms with van der Waals surface area (Å²) in [5.41, 5.74) is 0.612. The molecule has 2 heterocycles. The zero-order chi connectivity index (χ0) is 18.7. The van der Waals surface area contributed by atoms with Gasteiger partial charge < -0.3 is 29.5 Å². The average Bonchev–Trinajstić information content (AvgIpc) is 3.02. The van der Waals surface area contributed by atoms with Crippen LogP contribution in [0, 0.1) is 5.92 Å². The van der Waals surface area contributed by atoms with E-state index in [0.29, 0.717) is 30.4 Å². The molecule has 0 aromatic heterocycles. The van der Waals surface area contributed by atoms with E-state index >= 15 is 0 Å². The molecule has 3 rings (SSSR count). The van der Waals surface area contributed by atoms with E-state index in [0.717, 1.165) is 0 Å². The first-order valence-electron chi connectivity index (χ1n) is 8.21. The molecule has 0 aliphatic carbocycles. The van der Waals surface area contributed by atoms with E-state index in [4.69, 9.17) is 19.3 Å². The summed E-state index contributed by atoms with van der Waals surface area (Å²) in [6.07, 6.45) is 0.0135. The second-order valence-electron chi connectivity index (χ2n) is 6.09. The highest BCUT2D eigenvalue weighted by Crippen LogP contribution is 2.35. The Kier molecular flexibility index (Phi) is 5.27. The van der Waals surface area contributed by atoms with Gasteiger partial charge in [0.1, 0.15) is 13.2 Å². The van der Waals surface area contributed by atoms with Crippen molar-refractivity contribution < 1.29 is 33.7 Å². The lowest BCUT2D eigenvalue weighted by molar-refractivity contribution is -0.143. The number of ether oxygens (including phenoxy) is 3. The number of hydrogen-bond acceptors (Lipinski definition) is 6. The van der Waals surface area contributed by atoms with Crippen molar-refractivity contribution in [3.05, 3.63) is 18.2 Å². The van der Waals surface area contributed by atoms with Gasteiger partial charge in [0.15, 0.2) is 17.5 Å². The van der Waals surface area contributed by atoms with Crippen LogP contribution in [0.2, 0.25) is 0 Å². The maximum atomic E-state index is 12.3. The number of nitrogens with one attached hydrogen (secondary N) is 1. The van der Waals surface area contributed by atoms with E-state index in [9.17, 15) is 14.4 Å². The monoisotopic (exact) mass is 364 g/mol. The van der Waals surface area contributed by atoms with Crippen LogP contribution in [0.1, 0.15) is 6.42 Å². The highest BCUT2D eigenvalue weighted by Gasteiger charge is 2.37. The number of anilines is 1. The number of carbonyl (C=O) groups is 3. The van der Waals surface area contributed by atoms with Gasteiger partial charge in [-0.2, -0.15) is 0 Å². The molecule has 2 atom stereocenters. The van der Waals surface area contributed by atoms with Gasteiger partial charge >= 0.3 is 5.97 Å². The number of aliphatic carboxylic acids is 1. The lowest BCUT2D eigenvalue weighted by atomic mass is 10.1. The van der Waals surface area contributed by atoms with E-state index in [1.165, 1.54) is 12.0 Å². The Labute approximate surface area is 149 Å². The molecule has 1 saturated heterocycles. The predicted octanol–water partition coefficient (Wildman–Crippen LogP) is 0.0265. The molecule has 9 heteroatoms. The third-order valence-corrected chi connectivity index (χ3v) is 4.28. The van der Waals surface area contributed by atoms with Crippen LogP contribution in [0.15, 0.2) is 18.2 Å². The Morgan fingerprint density at radius 1 is 1.35 bits per heavy atom. The highest BCUT2D eigenvalue weighted by molar-refractivity contribution is 6.01. The smallest absolute Gasteiger partial charge is 0.328 e.